The maximum atomic E-state index is 12.6. The van der Waals surface area contributed by atoms with Gasteiger partial charge in [-0.2, -0.15) is 0 Å². The average molecular weight is 819 g/mol. The van der Waals surface area contributed by atoms with Crippen molar-refractivity contribution in [3.8, 4) is 11.5 Å². The smallest absolute Gasteiger partial charge is 0.00459 e. The molecule has 2 unspecified atom stereocenters. The molecule has 2 aromatic carbocycles. The van der Waals surface area contributed by atoms with Crippen LogP contribution in [0.3, 0.4) is 0 Å². The molecule has 51 heavy (non-hydrogen) atoms. The monoisotopic (exact) mass is 816 g/mol. The minimum atomic E-state index is -0.00915. The summed E-state index contributed by atoms with van der Waals surface area (Å²) >= 11 is 10.8. The average Bonchev–Trinajstić information content (AvgIpc) is 3.08. The molecular weight excluding hydrogens is 738 g/mol. The summed E-state index contributed by atoms with van der Waals surface area (Å²) in [4.78, 5) is 1.30. The normalized spacial score (nSPS) is 12.4. The Morgan fingerprint density at radius 1 is 0.549 bits per heavy atom. The number of rotatable bonds is 22. The first-order valence-electron chi connectivity index (χ1n) is 19.6. The van der Waals surface area contributed by atoms with Crippen molar-refractivity contribution in [3.05, 3.63) is 47.5 Å². The third-order valence-electron chi connectivity index (χ3n) is 9.93. The molecule has 2 rings (SSSR count). The molecule has 0 aliphatic rings. The van der Waals surface area contributed by atoms with E-state index in [4.69, 9.17) is 30.9 Å². The Hall–Kier alpha value is -0.703. The summed E-state index contributed by atoms with van der Waals surface area (Å²) in [6.07, 6.45) is 20.0. The number of benzene rings is 2. The van der Waals surface area contributed by atoms with Crippen molar-refractivity contribution in [2.24, 2.45) is 11.8 Å². The van der Waals surface area contributed by atoms with Crippen LogP contribution >= 0.6 is 11.8 Å². The molecule has 0 heterocycles. The maximum Gasteiger partial charge on any atom is 0.00459 e. The summed E-state index contributed by atoms with van der Waals surface area (Å²) in [6, 6.07) is 11.3. The van der Waals surface area contributed by atoms with Gasteiger partial charge in [0.25, 0.3) is 0 Å². The minimum Gasteiger partial charge on any atom is -0.872 e. The van der Waals surface area contributed by atoms with Gasteiger partial charge in [-0.3, -0.25) is 0 Å². The van der Waals surface area contributed by atoms with Gasteiger partial charge < -0.3 is 22.5 Å². The van der Waals surface area contributed by atoms with Crippen molar-refractivity contribution in [3.63, 3.8) is 0 Å². The first-order valence-corrected chi connectivity index (χ1v) is 21.9. The van der Waals surface area contributed by atoms with Crippen LogP contribution < -0.4 is 22.5 Å². The first kappa shape index (κ1) is 54.6. The Bertz CT molecular complexity index is 1020. The summed E-state index contributed by atoms with van der Waals surface area (Å²) in [5.74, 6) is 1.66. The van der Waals surface area contributed by atoms with E-state index in [1.165, 1.54) is 113 Å². The molecule has 304 valence electrons. The molecule has 0 aromatic heterocycles. The molecule has 0 fully saturated rings. The van der Waals surface area contributed by atoms with Gasteiger partial charge in [-0.05, 0) is 46.9 Å². The van der Waals surface area contributed by atoms with E-state index in [0.29, 0.717) is 9.79 Å². The number of hydrogen-bond donors (Lipinski definition) is 2. The van der Waals surface area contributed by atoms with Crippen LogP contribution in [-0.4, -0.2) is 0 Å². The van der Waals surface area contributed by atoms with Gasteiger partial charge in [0.05, 0.1) is 0 Å². The molecule has 0 saturated heterocycles. The van der Waals surface area contributed by atoms with Crippen molar-refractivity contribution < 1.29 is 41.1 Å². The van der Waals surface area contributed by atoms with E-state index in [-0.39, 0.29) is 34.6 Å². The van der Waals surface area contributed by atoms with E-state index < -0.39 is 0 Å². The van der Waals surface area contributed by atoms with Crippen molar-refractivity contribution in [2.75, 3.05) is 0 Å². The molecule has 0 bridgehead atoms. The van der Waals surface area contributed by atoms with Gasteiger partial charge in [0.15, 0.2) is 0 Å². The van der Waals surface area contributed by atoms with Crippen LogP contribution in [0, 0.1) is 11.8 Å². The van der Waals surface area contributed by atoms with Gasteiger partial charge in [-0.25, -0.2) is 0 Å². The number of unbranched alkanes of at least 4 members (excludes halogenated alkanes) is 6. The summed E-state index contributed by atoms with van der Waals surface area (Å²) in [7, 11) is 0. The van der Waals surface area contributed by atoms with Crippen LogP contribution in [-0.2, 0) is 41.8 Å². The van der Waals surface area contributed by atoms with E-state index in [1.54, 1.807) is 12.1 Å². The molecule has 0 aliphatic carbocycles. The van der Waals surface area contributed by atoms with Gasteiger partial charge in [0.2, 0.25) is 0 Å². The van der Waals surface area contributed by atoms with Crippen LogP contribution in [0.1, 0.15) is 183 Å². The summed E-state index contributed by atoms with van der Waals surface area (Å²) in [6.45, 7) is 22.4. The second-order valence-corrected chi connectivity index (χ2v) is 17.1. The third-order valence-corrected chi connectivity index (χ3v) is 12.2. The Kier molecular flexibility index (Phi) is 33.9. The Morgan fingerprint density at radius 3 is 1.16 bits per heavy atom. The van der Waals surface area contributed by atoms with Crippen molar-refractivity contribution in [2.45, 2.75) is 203 Å². The molecule has 6 N–H and O–H groups in total. The second kappa shape index (κ2) is 31.6. The van der Waals surface area contributed by atoms with Gasteiger partial charge in [-0.1, -0.05) is 128 Å². The zero-order valence-corrected chi connectivity index (χ0v) is 37.4. The van der Waals surface area contributed by atoms with E-state index in [9.17, 15) is 10.2 Å². The van der Waals surface area contributed by atoms with Crippen LogP contribution in [0.5, 0.6) is 11.5 Å². The molecule has 0 saturated carbocycles. The van der Waals surface area contributed by atoms with Crippen molar-refractivity contribution >= 4 is 11.8 Å². The minimum absolute atomic E-state index is 0. The van der Waals surface area contributed by atoms with Crippen LogP contribution in [0.2, 0.25) is 10.8 Å². The molecule has 0 aliphatic heterocycles. The molecule has 7 heteroatoms. The molecule has 0 spiro atoms. The summed E-state index contributed by atoms with van der Waals surface area (Å²) < 4.78 is 0. The molecule has 0 amide bonds. The van der Waals surface area contributed by atoms with Gasteiger partial charge in [0.1, 0.15) is 0 Å². The Balaban J connectivity index is -0.000000951. The zero-order chi connectivity index (χ0) is 37.3. The zero-order valence-electron chi connectivity index (χ0n) is 34.6. The Labute approximate surface area is 337 Å². The van der Waals surface area contributed by atoms with Crippen molar-refractivity contribution in [1.82, 2.24) is 12.3 Å². The van der Waals surface area contributed by atoms with Gasteiger partial charge in [0, 0.05) is 9.79 Å². The van der Waals surface area contributed by atoms with Crippen molar-refractivity contribution in [1.29, 1.82) is 0 Å². The predicted molar refractivity (Wildman–Crippen MR) is 217 cm³/mol. The van der Waals surface area contributed by atoms with Gasteiger partial charge in [-0.15, -0.1) is 0 Å². The van der Waals surface area contributed by atoms with Crippen LogP contribution in [0.4, 0.5) is 0 Å². The van der Waals surface area contributed by atoms with Gasteiger partial charge >= 0.3 is 133 Å². The Morgan fingerprint density at radius 2 is 0.882 bits per heavy atom. The molecule has 2 aromatic rings. The molecule has 4 nitrogen and oxygen atoms in total. The first-order chi connectivity index (χ1) is 23.3. The van der Waals surface area contributed by atoms with E-state index >= 15 is 0 Å². The van der Waals surface area contributed by atoms with E-state index in [1.807, 2.05) is 24.3 Å². The fourth-order valence-electron chi connectivity index (χ4n) is 5.76. The molecular formula is C44H80N2Ni2O2S. The third kappa shape index (κ3) is 23.0. The standard InChI is InChI=1S/C28H42O2S.2C8H17.2H3N.2Ni/c1-7-9-11-17-27(3,4)21-13-15-23(29)25(19-21)31-26-20-22(14-16-24(26)30)28(5,6)18-12-10-8-2;2*1-4-6-7-8(3)5-2;;;;/h13-16,19-20,29-30H,7-12,17-18H2,1-6H3;2*8H,3-7H2,1-2H3;2*1H3;;/q;;;;;2*+1/p-2. The topological polar surface area (TPSA) is 116 Å². The fourth-order valence-corrected chi connectivity index (χ4v) is 7.68. The SMILES string of the molecule is CCCCC(CC)[CH2][Ni+].CCCCC(CC)[CH2][Ni+].CCCCCC(C)(C)c1ccc([O-])c(Sc2cc(C(C)(C)CCCCC)ccc2[O-])c1.N.N. The molecule has 2 atom stereocenters. The second-order valence-electron chi connectivity index (χ2n) is 15.2. The largest absolute Gasteiger partial charge is 0.872 e. The molecule has 0 radical (unpaired) electrons. The van der Waals surface area contributed by atoms with E-state index in [0.717, 1.165) is 35.5 Å². The van der Waals surface area contributed by atoms with E-state index in [2.05, 4.69) is 69.2 Å². The number of hydrogen-bond acceptors (Lipinski definition) is 5. The summed E-state index contributed by atoms with van der Waals surface area (Å²) in [5.41, 5.74) is 2.38. The predicted octanol–water partition coefficient (Wildman–Crippen LogP) is 14.4. The fraction of sp³-hybridized carbons (Fsp3) is 0.727. The van der Waals surface area contributed by atoms with Crippen LogP contribution in [0.15, 0.2) is 46.2 Å². The maximum absolute atomic E-state index is 12.6. The van der Waals surface area contributed by atoms with Crippen LogP contribution in [0.25, 0.3) is 0 Å². The summed E-state index contributed by atoms with van der Waals surface area (Å²) in [5, 5.41) is 27.2. The quantitative estimate of drug-likeness (QED) is 0.0906.